The van der Waals surface area contributed by atoms with E-state index < -0.39 is 22.0 Å². The summed E-state index contributed by atoms with van der Waals surface area (Å²) in [6, 6.07) is 15.2. The Kier molecular flexibility index (Phi) is 9.25. The molecule has 0 fully saturated rings. The smallest absolute Gasteiger partial charge is 0.269 e. The van der Waals surface area contributed by atoms with Gasteiger partial charge in [-0.3, -0.25) is 14.4 Å². The lowest BCUT2D eigenvalue weighted by molar-refractivity contribution is -0.140. The van der Waals surface area contributed by atoms with Gasteiger partial charge in [0.1, 0.15) is 10.9 Å². The summed E-state index contributed by atoms with van der Waals surface area (Å²) < 4.78 is 26.4. The molecule has 2 aromatic rings. The van der Waals surface area contributed by atoms with Gasteiger partial charge in [-0.2, -0.15) is 0 Å². The first kappa shape index (κ1) is 27.4. The fraction of sp³-hybridized carbons (Fsp3) is 0.444. The number of carbonyl (C=O) groups is 3. The summed E-state index contributed by atoms with van der Waals surface area (Å²) >= 11 is 0. The Morgan fingerprint density at radius 1 is 1.03 bits per heavy atom. The monoisotopic (exact) mass is 513 g/mol. The molecule has 0 radical (unpaired) electrons. The van der Waals surface area contributed by atoms with Crippen LogP contribution in [0.4, 0.5) is 0 Å². The van der Waals surface area contributed by atoms with E-state index in [2.05, 4.69) is 5.32 Å². The molecule has 0 bridgehead atoms. The summed E-state index contributed by atoms with van der Waals surface area (Å²) in [5.74, 6) is -0.720. The van der Waals surface area contributed by atoms with Crippen molar-refractivity contribution in [2.24, 2.45) is 5.92 Å². The van der Waals surface area contributed by atoms with Gasteiger partial charge in [0.05, 0.1) is 5.56 Å². The number of benzene rings is 2. The standard InChI is InChI=1S/C27H35N3O5S/c1-4-23(26(32)28-19-20(2)3)29(18-16-21-11-6-5-7-12-21)25(31)15-10-17-30-27(33)22-13-8-9-14-24(22)36(30,34)35/h5-9,11-14,20,23H,4,10,15-19H2,1-3H3,(H,28,32). The minimum atomic E-state index is -3.92. The Morgan fingerprint density at radius 3 is 2.33 bits per heavy atom. The Hall–Kier alpha value is -3.20. The van der Waals surface area contributed by atoms with E-state index in [0.717, 1.165) is 9.87 Å². The third kappa shape index (κ3) is 6.32. The largest absolute Gasteiger partial charge is 0.354 e. The molecule has 1 atom stereocenters. The molecule has 0 saturated carbocycles. The van der Waals surface area contributed by atoms with Gasteiger partial charge >= 0.3 is 0 Å². The number of nitrogens with one attached hydrogen (secondary N) is 1. The van der Waals surface area contributed by atoms with Gasteiger partial charge in [-0.15, -0.1) is 0 Å². The SMILES string of the molecule is CCC(C(=O)NCC(C)C)N(CCc1ccccc1)C(=O)CCCN1C(=O)c2ccccc2S1(=O)=O. The fourth-order valence-corrected chi connectivity index (χ4v) is 5.90. The molecule has 2 aromatic carbocycles. The number of nitrogens with zero attached hydrogens (tertiary/aromatic N) is 2. The van der Waals surface area contributed by atoms with Crippen LogP contribution >= 0.6 is 0 Å². The van der Waals surface area contributed by atoms with Gasteiger partial charge in [-0.05, 0) is 42.9 Å². The average Bonchev–Trinajstić information content (AvgIpc) is 3.06. The molecule has 0 aliphatic carbocycles. The molecular formula is C27H35N3O5S. The molecule has 0 aromatic heterocycles. The molecule has 3 amide bonds. The highest BCUT2D eigenvalue weighted by atomic mass is 32.2. The van der Waals surface area contributed by atoms with Gasteiger partial charge in [0.15, 0.2) is 0 Å². The molecule has 0 spiro atoms. The molecule has 36 heavy (non-hydrogen) atoms. The van der Waals surface area contributed by atoms with Gasteiger partial charge in [0.2, 0.25) is 11.8 Å². The molecule has 3 rings (SSSR count). The lowest BCUT2D eigenvalue weighted by Gasteiger charge is -2.31. The molecule has 1 unspecified atom stereocenters. The summed E-state index contributed by atoms with van der Waals surface area (Å²) in [6.07, 6.45) is 1.25. The summed E-state index contributed by atoms with van der Waals surface area (Å²) in [7, 11) is -3.92. The summed E-state index contributed by atoms with van der Waals surface area (Å²) in [6.45, 7) is 6.67. The van der Waals surface area contributed by atoms with Gasteiger partial charge in [-0.25, -0.2) is 12.7 Å². The van der Waals surface area contributed by atoms with Crippen LogP contribution in [-0.4, -0.2) is 61.0 Å². The molecule has 8 nitrogen and oxygen atoms in total. The number of sulfonamides is 1. The summed E-state index contributed by atoms with van der Waals surface area (Å²) in [5.41, 5.74) is 1.21. The Balaban J connectivity index is 1.69. The van der Waals surface area contributed by atoms with Crippen molar-refractivity contribution in [3.63, 3.8) is 0 Å². The number of hydrogen-bond donors (Lipinski definition) is 1. The predicted octanol–water partition coefficient (Wildman–Crippen LogP) is 3.23. The van der Waals surface area contributed by atoms with Crippen molar-refractivity contribution in [1.29, 1.82) is 0 Å². The molecule has 1 N–H and O–H groups in total. The van der Waals surface area contributed by atoms with Crippen molar-refractivity contribution in [3.8, 4) is 0 Å². The molecule has 1 aliphatic heterocycles. The minimum absolute atomic E-state index is 0.00122. The van der Waals surface area contributed by atoms with E-state index in [9.17, 15) is 22.8 Å². The van der Waals surface area contributed by atoms with Crippen LogP contribution in [0.25, 0.3) is 0 Å². The van der Waals surface area contributed by atoms with Crippen molar-refractivity contribution in [3.05, 3.63) is 65.7 Å². The lowest BCUT2D eigenvalue weighted by Crippen LogP contribution is -2.50. The van der Waals surface area contributed by atoms with Crippen LogP contribution in [-0.2, 0) is 26.0 Å². The van der Waals surface area contributed by atoms with Crippen LogP contribution in [0.5, 0.6) is 0 Å². The normalized spacial score (nSPS) is 15.0. The first-order valence-electron chi connectivity index (χ1n) is 12.4. The van der Waals surface area contributed by atoms with Crippen molar-refractivity contribution >= 4 is 27.7 Å². The summed E-state index contributed by atoms with van der Waals surface area (Å²) in [4.78, 5) is 40.5. The Morgan fingerprint density at radius 2 is 1.69 bits per heavy atom. The van der Waals surface area contributed by atoms with Crippen molar-refractivity contribution in [2.75, 3.05) is 19.6 Å². The van der Waals surface area contributed by atoms with Crippen LogP contribution < -0.4 is 5.32 Å². The quantitative estimate of drug-likeness (QED) is 0.469. The number of hydrogen-bond acceptors (Lipinski definition) is 5. The van der Waals surface area contributed by atoms with Crippen LogP contribution in [0.3, 0.4) is 0 Å². The zero-order valence-corrected chi connectivity index (χ0v) is 22.0. The highest BCUT2D eigenvalue weighted by Gasteiger charge is 2.40. The summed E-state index contributed by atoms with van der Waals surface area (Å²) in [5, 5.41) is 2.93. The second-order valence-electron chi connectivity index (χ2n) is 9.37. The first-order valence-corrected chi connectivity index (χ1v) is 13.9. The van der Waals surface area contributed by atoms with E-state index in [1.54, 1.807) is 17.0 Å². The molecule has 0 saturated heterocycles. The molecule has 194 valence electrons. The van der Waals surface area contributed by atoms with Crippen molar-refractivity contribution < 1.29 is 22.8 Å². The topological polar surface area (TPSA) is 104 Å². The number of carbonyl (C=O) groups excluding carboxylic acids is 3. The second kappa shape index (κ2) is 12.2. The van der Waals surface area contributed by atoms with Crippen molar-refractivity contribution in [2.45, 2.75) is 57.4 Å². The third-order valence-electron chi connectivity index (χ3n) is 6.22. The third-order valence-corrected chi connectivity index (χ3v) is 8.06. The van der Waals surface area contributed by atoms with Crippen LogP contribution in [0.15, 0.2) is 59.5 Å². The van der Waals surface area contributed by atoms with Gasteiger partial charge in [0.25, 0.3) is 15.9 Å². The van der Waals surface area contributed by atoms with Crippen LogP contribution in [0, 0.1) is 5.92 Å². The number of fused-ring (bicyclic) bond motifs is 1. The van der Waals surface area contributed by atoms with Gasteiger partial charge in [0, 0.05) is 26.1 Å². The Labute approximate surface area is 213 Å². The van der Waals surface area contributed by atoms with Crippen LogP contribution in [0.1, 0.15) is 56.0 Å². The zero-order valence-electron chi connectivity index (χ0n) is 21.1. The van der Waals surface area contributed by atoms with E-state index in [1.807, 2.05) is 51.1 Å². The predicted molar refractivity (Wildman–Crippen MR) is 138 cm³/mol. The number of rotatable bonds is 12. The first-order chi connectivity index (χ1) is 17.2. The minimum Gasteiger partial charge on any atom is -0.354 e. The maximum absolute atomic E-state index is 13.3. The van der Waals surface area contributed by atoms with E-state index in [4.69, 9.17) is 0 Å². The van der Waals surface area contributed by atoms with E-state index in [-0.39, 0.29) is 47.6 Å². The second-order valence-corrected chi connectivity index (χ2v) is 11.2. The van der Waals surface area contributed by atoms with Gasteiger partial charge < -0.3 is 10.2 Å². The maximum Gasteiger partial charge on any atom is 0.269 e. The van der Waals surface area contributed by atoms with E-state index >= 15 is 0 Å². The average molecular weight is 514 g/mol. The Bertz CT molecular complexity index is 1180. The lowest BCUT2D eigenvalue weighted by atomic mass is 10.1. The highest BCUT2D eigenvalue weighted by molar-refractivity contribution is 7.90. The zero-order chi connectivity index (χ0) is 26.3. The molecule has 9 heteroatoms. The molecule has 1 aliphatic rings. The molecule has 1 heterocycles. The number of amides is 3. The molecular weight excluding hydrogens is 478 g/mol. The van der Waals surface area contributed by atoms with E-state index in [0.29, 0.717) is 25.9 Å². The van der Waals surface area contributed by atoms with E-state index in [1.165, 1.54) is 12.1 Å². The van der Waals surface area contributed by atoms with Crippen molar-refractivity contribution in [1.82, 2.24) is 14.5 Å². The maximum atomic E-state index is 13.3. The fourth-order valence-electron chi connectivity index (χ4n) is 4.29. The van der Waals surface area contributed by atoms with Crippen LogP contribution in [0.2, 0.25) is 0 Å². The van der Waals surface area contributed by atoms with Gasteiger partial charge in [-0.1, -0.05) is 63.2 Å². The highest BCUT2D eigenvalue weighted by Crippen LogP contribution is 2.30.